The van der Waals surface area contributed by atoms with E-state index in [0.29, 0.717) is 18.1 Å². The van der Waals surface area contributed by atoms with Crippen molar-refractivity contribution in [2.24, 2.45) is 11.8 Å². The summed E-state index contributed by atoms with van der Waals surface area (Å²) in [6.45, 7) is 0.826. The van der Waals surface area contributed by atoms with Gasteiger partial charge in [-0.25, -0.2) is 0 Å². The molecule has 2 nitrogen and oxygen atoms in total. The van der Waals surface area contributed by atoms with E-state index in [1.54, 1.807) is 18.2 Å². The van der Waals surface area contributed by atoms with Gasteiger partial charge in [-0.1, -0.05) is 36.7 Å². The maximum atomic E-state index is 13.5. The summed E-state index contributed by atoms with van der Waals surface area (Å²) in [6.07, 6.45) is -6.39. The van der Waals surface area contributed by atoms with E-state index in [0.717, 1.165) is 43.9 Å². The molecule has 0 aliphatic heterocycles. The zero-order chi connectivity index (χ0) is 23.0. The van der Waals surface area contributed by atoms with Gasteiger partial charge in [0.05, 0.1) is 28.1 Å². The molecule has 31 heavy (non-hydrogen) atoms. The van der Waals surface area contributed by atoms with Gasteiger partial charge in [0.2, 0.25) is 5.91 Å². The zero-order valence-corrected chi connectivity index (χ0v) is 17.2. The van der Waals surface area contributed by atoms with Gasteiger partial charge in [-0.2, -0.15) is 26.3 Å². The number of benzene rings is 2. The van der Waals surface area contributed by atoms with E-state index in [2.05, 4.69) is 5.32 Å². The lowest BCUT2D eigenvalue weighted by Gasteiger charge is -2.26. The number of anilines is 1. The maximum absolute atomic E-state index is 13.5. The number of carbonyl (C=O) groups excluding carboxylic acids is 1. The van der Waals surface area contributed by atoms with Crippen molar-refractivity contribution in [3.63, 3.8) is 0 Å². The minimum atomic E-state index is -4.73. The molecule has 0 aromatic heterocycles. The largest absolute Gasteiger partial charge is 0.416 e. The lowest BCUT2D eigenvalue weighted by Crippen LogP contribution is -2.34. The second-order valence-corrected chi connectivity index (χ2v) is 8.29. The number of alkyl halides is 6. The summed E-state index contributed by atoms with van der Waals surface area (Å²) in [5.41, 5.74) is -0.0975. The van der Waals surface area contributed by atoms with Crippen LogP contribution in [0.1, 0.15) is 42.4 Å². The number of nitrogens with one attached hydrogen (secondary N) is 1. The Kier molecular flexibility index (Phi) is 6.60. The number of rotatable bonds is 6. The standard InChI is InChI=1S/C22H20ClF6NO/c1-12(21(24,25)26)19(15-5-7-16(8-6-15)22(27,28)29)20(31)30-18-11-14(4-9-17(18)23)10-13-2-3-13/h4-9,11-13,19H,2-3,10H2,1H3,(H,30,31)/t12-,19+/m1/s1. The molecule has 0 saturated heterocycles. The summed E-state index contributed by atoms with van der Waals surface area (Å²) in [4.78, 5) is 12.9. The summed E-state index contributed by atoms with van der Waals surface area (Å²) in [5, 5.41) is 2.61. The molecule has 168 valence electrons. The Bertz CT molecular complexity index is 934. The maximum Gasteiger partial charge on any atom is 0.416 e. The molecule has 1 saturated carbocycles. The molecule has 1 aliphatic carbocycles. The molecule has 1 amide bonds. The van der Waals surface area contributed by atoms with E-state index < -0.39 is 35.7 Å². The van der Waals surface area contributed by atoms with E-state index in [1.807, 2.05) is 0 Å². The SMILES string of the molecule is C[C@H]([C@H](C(=O)Nc1cc(CC2CC2)ccc1Cl)c1ccc(C(F)(F)F)cc1)C(F)(F)F. The molecule has 0 heterocycles. The fraction of sp³-hybridized carbons (Fsp3) is 0.409. The van der Waals surface area contributed by atoms with Crippen LogP contribution in [0, 0.1) is 11.8 Å². The van der Waals surface area contributed by atoms with Gasteiger partial charge in [0.15, 0.2) is 0 Å². The van der Waals surface area contributed by atoms with Crippen molar-refractivity contribution in [3.05, 3.63) is 64.2 Å². The number of hydrogen-bond donors (Lipinski definition) is 1. The van der Waals surface area contributed by atoms with Crippen LogP contribution in [0.5, 0.6) is 0 Å². The minimum absolute atomic E-state index is 0.165. The van der Waals surface area contributed by atoms with Gasteiger partial charge >= 0.3 is 12.4 Å². The molecule has 1 aliphatic rings. The van der Waals surface area contributed by atoms with Gasteiger partial charge in [0.1, 0.15) is 0 Å². The lowest BCUT2D eigenvalue weighted by molar-refractivity contribution is -0.178. The summed E-state index contributed by atoms with van der Waals surface area (Å²) in [6, 6.07) is 8.13. The Morgan fingerprint density at radius 3 is 2.19 bits per heavy atom. The van der Waals surface area contributed by atoms with E-state index >= 15 is 0 Å². The van der Waals surface area contributed by atoms with E-state index in [1.165, 1.54) is 0 Å². The summed E-state index contributed by atoms with van der Waals surface area (Å²) in [7, 11) is 0. The zero-order valence-electron chi connectivity index (χ0n) is 16.4. The average molecular weight is 464 g/mol. The summed E-state index contributed by atoms with van der Waals surface area (Å²) in [5.74, 6) is -4.31. The smallest absolute Gasteiger partial charge is 0.324 e. The highest BCUT2D eigenvalue weighted by atomic mass is 35.5. The molecular formula is C22H20ClF6NO. The Morgan fingerprint density at radius 1 is 1.06 bits per heavy atom. The molecule has 0 radical (unpaired) electrons. The van der Waals surface area contributed by atoms with Crippen molar-refractivity contribution < 1.29 is 31.1 Å². The van der Waals surface area contributed by atoms with Crippen molar-refractivity contribution in [1.29, 1.82) is 0 Å². The monoisotopic (exact) mass is 463 g/mol. The molecule has 1 N–H and O–H groups in total. The first-order chi connectivity index (χ1) is 14.4. The number of hydrogen-bond acceptors (Lipinski definition) is 1. The lowest BCUT2D eigenvalue weighted by atomic mass is 9.85. The van der Waals surface area contributed by atoms with Gasteiger partial charge in [0, 0.05) is 0 Å². The normalized spacial score (nSPS) is 16.6. The quantitative estimate of drug-likeness (QED) is 0.450. The molecule has 9 heteroatoms. The van der Waals surface area contributed by atoms with Gasteiger partial charge < -0.3 is 5.32 Å². The van der Waals surface area contributed by atoms with Crippen molar-refractivity contribution in [3.8, 4) is 0 Å². The van der Waals surface area contributed by atoms with Gasteiger partial charge in [0.25, 0.3) is 0 Å². The second-order valence-electron chi connectivity index (χ2n) is 7.88. The highest BCUT2D eigenvalue weighted by Gasteiger charge is 2.45. The predicted octanol–water partition coefficient (Wildman–Crippen LogP) is 7.23. The molecule has 2 aromatic rings. The fourth-order valence-corrected chi connectivity index (χ4v) is 3.56. The van der Waals surface area contributed by atoms with Crippen LogP contribution >= 0.6 is 11.6 Å². The Morgan fingerprint density at radius 2 is 1.68 bits per heavy atom. The summed E-state index contributed by atoms with van der Waals surface area (Å²) < 4.78 is 78.8. The van der Waals surface area contributed by atoms with Crippen LogP contribution in [-0.4, -0.2) is 12.1 Å². The third-order valence-corrected chi connectivity index (χ3v) is 5.74. The molecule has 2 atom stereocenters. The van der Waals surface area contributed by atoms with Gasteiger partial charge in [-0.15, -0.1) is 0 Å². The van der Waals surface area contributed by atoms with Crippen LogP contribution in [0.2, 0.25) is 5.02 Å². The third-order valence-electron chi connectivity index (χ3n) is 5.41. The fourth-order valence-electron chi connectivity index (χ4n) is 3.40. The molecule has 0 bridgehead atoms. The number of halogens is 7. The average Bonchev–Trinajstić information content (AvgIpc) is 3.47. The first-order valence-corrected chi connectivity index (χ1v) is 10.1. The van der Waals surface area contributed by atoms with Crippen molar-refractivity contribution in [1.82, 2.24) is 0 Å². The van der Waals surface area contributed by atoms with Crippen LogP contribution < -0.4 is 5.32 Å². The molecular weight excluding hydrogens is 444 g/mol. The molecule has 1 fully saturated rings. The number of amides is 1. The van der Waals surface area contributed by atoms with Crippen LogP contribution in [-0.2, 0) is 17.4 Å². The molecule has 2 aromatic carbocycles. The second kappa shape index (κ2) is 8.73. The van der Waals surface area contributed by atoms with Crippen molar-refractivity contribution in [2.75, 3.05) is 5.32 Å². The third kappa shape index (κ3) is 5.93. The van der Waals surface area contributed by atoms with Crippen LogP contribution in [0.3, 0.4) is 0 Å². The summed E-state index contributed by atoms with van der Waals surface area (Å²) >= 11 is 6.12. The van der Waals surface area contributed by atoms with E-state index in [9.17, 15) is 31.1 Å². The molecule has 3 rings (SSSR count). The van der Waals surface area contributed by atoms with Gasteiger partial charge in [-0.05, 0) is 60.6 Å². The van der Waals surface area contributed by atoms with Crippen molar-refractivity contribution >= 4 is 23.2 Å². The first kappa shape index (κ1) is 23.4. The van der Waals surface area contributed by atoms with E-state index in [4.69, 9.17) is 11.6 Å². The molecule has 0 spiro atoms. The minimum Gasteiger partial charge on any atom is -0.324 e. The Labute approximate surface area is 180 Å². The first-order valence-electron chi connectivity index (χ1n) is 9.69. The molecule has 0 unspecified atom stereocenters. The van der Waals surface area contributed by atoms with Crippen LogP contribution in [0.15, 0.2) is 42.5 Å². The predicted molar refractivity (Wildman–Crippen MR) is 106 cm³/mol. The van der Waals surface area contributed by atoms with Crippen molar-refractivity contribution in [2.45, 2.75) is 44.5 Å². The highest BCUT2D eigenvalue weighted by molar-refractivity contribution is 6.33. The highest BCUT2D eigenvalue weighted by Crippen LogP contribution is 2.40. The van der Waals surface area contributed by atoms with Crippen LogP contribution in [0.25, 0.3) is 0 Å². The Hall–Kier alpha value is -2.22. The van der Waals surface area contributed by atoms with Gasteiger partial charge in [-0.3, -0.25) is 4.79 Å². The van der Waals surface area contributed by atoms with Crippen LogP contribution in [0.4, 0.5) is 32.0 Å². The number of carbonyl (C=O) groups is 1. The topological polar surface area (TPSA) is 29.1 Å². The Balaban J connectivity index is 1.90. The van der Waals surface area contributed by atoms with E-state index in [-0.39, 0.29) is 16.3 Å².